The molecule has 5 heteroatoms. The second-order valence-electron chi connectivity index (χ2n) is 4.73. The first-order valence-corrected chi connectivity index (χ1v) is 6.59. The molecule has 0 radical (unpaired) electrons. The monoisotopic (exact) mass is 274 g/mol. The van der Waals surface area contributed by atoms with Gasteiger partial charge in [-0.2, -0.15) is 0 Å². The summed E-state index contributed by atoms with van der Waals surface area (Å²) in [7, 11) is 1.71. The summed E-state index contributed by atoms with van der Waals surface area (Å²) in [4.78, 5) is 17.8. The number of carbonyl (C=O) groups excluding carboxylic acids is 1. The summed E-state index contributed by atoms with van der Waals surface area (Å²) in [6.07, 6.45) is 3.71. The van der Waals surface area contributed by atoms with Gasteiger partial charge in [-0.05, 0) is 18.6 Å². The maximum atomic E-state index is 11.8. The number of aliphatic imine (C=N–C) groups is 1. The van der Waals surface area contributed by atoms with Crippen molar-refractivity contribution in [1.29, 1.82) is 0 Å². The number of hydrogen-bond acceptors (Lipinski definition) is 4. The normalized spacial score (nSPS) is 13.9. The molecule has 2 N–H and O–H groups in total. The Kier molecular flexibility index (Phi) is 4.08. The van der Waals surface area contributed by atoms with Gasteiger partial charge in [-0.25, -0.2) is 4.99 Å². The lowest BCUT2D eigenvalue weighted by Crippen LogP contribution is -2.31. The van der Waals surface area contributed by atoms with Crippen LogP contribution in [0.4, 0.5) is 0 Å². The van der Waals surface area contributed by atoms with Crippen LogP contribution in [0.15, 0.2) is 29.3 Å². The largest absolute Gasteiger partial charge is 0.508 e. The number of nitrogens with zero attached hydrogens (tertiary/aromatic N) is 2. The molecule has 2 rings (SSSR count). The van der Waals surface area contributed by atoms with E-state index < -0.39 is 0 Å². The molecular weight excluding hydrogens is 256 g/mol. The highest BCUT2D eigenvalue weighted by molar-refractivity contribution is 6.03. The predicted molar refractivity (Wildman–Crippen MR) is 77.5 cm³/mol. The minimum Gasteiger partial charge on any atom is -0.508 e. The minimum atomic E-state index is -0.0243. The fraction of sp³-hybridized carbons (Fsp3) is 0.333. The van der Waals surface area contributed by atoms with Gasteiger partial charge in [0, 0.05) is 31.5 Å². The van der Waals surface area contributed by atoms with Gasteiger partial charge in [-0.1, -0.05) is 13.0 Å². The Labute approximate surface area is 117 Å². The maximum Gasteiger partial charge on any atom is 0.227 e. The third-order valence-corrected chi connectivity index (χ3v) is 3.21. The minimum absolute atomic E-state index is 0.00397. The second kappa shape index (κ2) is 5.77. The summed E-state index contributed by atoms with van der Waals surface area (Å²) in [5, 5.41) is 19.1. The number of phenolic OH excluding ortho intramolecular Hbond substituents is 2. The fourth-order valence-corrected chi connectivity index (χ4v) is 2.06. The number of amidine groups is 1. The summed E-state index contributed by atoms with van der Waals surface area (Å²) in [5.41, 5.74) is 1.17. The van der Waals surface area contributed by atoms with Crippen molar-refractivity contribution in [1.82, 2.24) is 4.90 Å². The van der Waals surface area contributed by atoms with Crippen molar-refractivity contribution in [2.24, 2.45) is 4.99 Å². The summed E-state index contributed by atoms with van der Waals surface area (Å²) < 4.78 is 0. The zero-order valence-electron chi connectivity index (χ0n) is 11.6. The molecule has 0 spiro atoms. The molecular formula is C15H18N2O3. The fourth-order valence-electron chi connectivity index (χ4n) is 2.06. The molecule has 0 atom stereocenters. The molecule has 1 aliphatic rings. The number of benzene rings is 1. The van der Waals surface area contributed by atoms with E-state index >= 15 is 0 Å². The molecule has 1 aliphatic heterocycles. The third-order valence-electron chi connectivity index (χ3n) is 3.21. The summed E-state index contributed by atoms with van der Waals surface area (Å²) in [6, 6.07) is 4.38. The number of aromatic hydroxyl groups is 2. The Morgan fingerprint density at radius 3 is 2.80 bits per heavy atom. The zero-order valence-corrected chi connectivity index (χ0v) is 11.6. The van der Waals surface area contributed by atoms with Crippen molar-refractivity contribution in [3.63, 3.8) is 0 Å². The van der Waals surface area contributed by atoms with E-state index in [9.17, 15) is 15.0 Å². The van der Waals surface area contributed by atoms with Crippen LogP contribution in [0.1, 0.15) is 31.7 Å². The lowest BCUT2D eigenvalue weighted by Gasteiger charge is -2.16. The van der Waals surface area contributed by atoms with Crippen molar-refractivity contribution in [3.8, 4) is 11.5 Å². The van der Waals surface area contributed by atoms with Crippen LogP contribution in [0.2, 0.25) is 0 Å². The summed E-state index contributed by atoms with van der Waals surface area (Å²) in [6.45, 7) is 1.96. The van der Waals surface area contributed by atoms with Gasteiger partial charge in [0.1, 0.15) is 17.3 Å². The highest BCUT2D eigenvalue weighted by atomic mass is 16.3. The molecule has 1 amide bonds. The second-order valence-corrected chi connectivity index (χ2v) is 4.73. The van der Waals surface area contributed by atoms with Crippen molar-refractivity contribution >= 4 is 17.4 Å². The average Bonchev–Trinajstić information content (AvgIpc) is 2.87. The number of amides is 1. The molecule has 106 valence electrons. The van der Waals surface area contributed by atoms with Crippen molar-refractivity contribution in [2.45, 2.75) is 26.2 Å². The Hall–Kier alpha value is -2.30. The van der Waals surface area contributed by atoms with Crippen LogP contribution in [0, 0.1) is 0 Å². The molecule has 0 aromatic heterocycles. The van der Waals surface area contributed by atoms with E-state index in [1.54, 1.807) is 18.0 Å². The Morgan fingerprint density at radius 2 is 2.15 bits per heavy atom. The van der Waals surface area contributed by atoms with Gasteiger partial charge in [-0.15, -0.1) is 0 Å². The molecule has 5 nitrogen and oxygen atoms in total. The average molecular weight is 274 g/mol. The van der Waals surface area contributed by atoms with Crippen molar-refractivity contribution in [2.75, 3.05) is 7.05 Å². The van der Waals surface area contributed by atoms with E-state index in [2.05, 4.69) is 4.99 Å². The Balaban J connectivity index is 2.19. The molecule has 0 saturated heterocycles. The quantitative estimate of drug-likeness (QED) is 0.889. The molecule has 0 unspecified atom stereocenters. The summed E-state index contributed by atoms with van der Waals surface area (Å²) in [5.74, 6) is 0.690. The first-order chi connectivity index (χ1) is 9.52. The van der Waals surface area contributed by atoms with E-state index in [0.717, 1.165) is 6.42 Å². The van der Waals surface area contributed by atoms with Crippen LogP contribution >= 0.6 is 0 Å². The molecule has 0 saturated carbocycles. The van der Waals surface area contributed by atoms with Gasteiger partial charge in [0.15, 0.2) is 0 Å². The molecule has 20 heavy (non-hydrogen) atoms. The third kappa shape index (κ3) is 2.82. The number of rotatable bonds is 3. The molecule has 0 bridgehead atoms. The van der Waals surface area contributed by atoms with Crippen LogP contribution in [-0.4, -0.2) is 33.9 Å². The first-order valence-electron chi connectivity index (χ1n) is 6.59. The number of phenols is 2. The SMILES string of the molecule is CCCC(=O)N(C)C1=NC(c2ccc(O)cc2O)=CC1. The molecule has 1 aromatic rings. The van der Waals surface area contributed by atoms with Crippen LogP contribution in [0.5, 0.6) is 11.5 Å². The topological polar surface area (TPSA) is 73.1 Å². The van der Waals surface area contributed by atoms with Gasteiger partial charge in [-0.3, -0.25) is 4.79 Å². The smallest absolute Gasteiger partial charge is 0.227 e. The van der Waals surface area contributed by atoms with Crippen LogP contribution < -0.4 is 0 Å². The Morgan fingerprint density at radius 1 is 1.40 bits per heavy atom. The van der Waals surface area contributed by atoms with Gasteiger partial charge in [0.2, 0.25) is 5.91 Å². The molecule has 1 heterocycles. The Bertz CT molecular complexity index is 591. The molecule has 0 fully saturated rings. The summed E-state index contributed by atoms with van der Waals surface area (Å²) >= 11 is 0. The van der Waals surface area contributed by atoms with Crippen LogP contribution in [0.3, 0.4) is 0 Å². The predicted octanol–water partition coefficient (Wildman–Crippen LogP) is 2.50. The van der Waals surface area contributed by atoms with Gasteiger partial charge < -0.3 is 15.1 Å². The van der Waals surface area contributed by atoms with E-state index in [1.165, 1.54) is 12.1 Å². The number of hydrogen-bond donors (Lipinski definition) is 2. The first kappa shape index (κ1) is 14.1. The highest BCUT2D eigenvalue weighted by Gasteiger charge is 2.19. The lowest BCUT2D eigenvalue weighted by molar-refractivity contribution is -0.126. The van der Waals surface area contributed by atoms with E-state index in [1.807, 2.05) is 13.0 Å². The zero-order chi connectivity index (χ0) is 14.7. The van der Waals surface area contributed by atoms with E-state index in [-0.39, 0.29) is 17.4 Å². The van der Waals surface area contributed by atoms with Gasteiger partial charge in [0.05, 0.1) is 5.70 Å². The van der Waals surface area contributed by atoms with Crippen LogP contribution in [-0.2, 0) is 4.79 Å². The molecule has 0 aliphatic carbocycles. The molecule has 1 aromatic carbocycles. The highest BCUT2D eigenvalue weighted by Crippen LogP contribution is 2.32. The number of carbonyl (C=O) groups is 1. The van der Waals surface area contributed by atoms with Crippen molar-refractivity contribution in [3.05, 3.63) is 29.8 Å². The standard InChI is InChI=1S/C15H18N2O3/c1-3-4-15(20)17(2)14-8-7-12(16-14)11-6-5-10(18)9-13(11)19/h5-7,9,18-19H,3-4,8H2,1-2H3. The lowest BCUT2D eigenvalue weighted by atomic mass is 10.1. The van der Waals surface area contributed by atoms with Gasteiger partial charge in [0.25, 0.3) is 0 Å². The van der Waals surface area contributed by atoms with E-state index in [0.29, 0.717) is 29.9 Å². The van der Waals surface area contributed by atoms with E-state index in [4.69, 9.17) is 0 Å². The van der Waals surface area contributed by atoms with Crippen LogP contribution in [0.25, 0.3) is 5.70 Å². The van der Waals surface area contributed by atoms with Crippen molar-refractivity contribution < 1.29 is 15.0 Å². The van der Waals surface area contributed by atoms with Gasteiger partial charge >= 0.3 is 0 Å². The maximum absolute atomic E-state index is 11.8.